The minimum absolute atomic E-state index is 0.0347. The van der Waals surface area contributed by atoms with Crippen LogP contribution in [0.25, 0.3) is 0 Å². The zero-order chi connectivity index (χ0) is 14.5. The van der Waals surface area contributed by atoms with E-state index in [0.717, 1.165) is 49.8 Å². The molecule has 1 N–H and O–H groups in total. The summed E-state index contributed by atoms with van der Waals surface area (Å²) in [6.07, 6.45) is 10.1. The molecule has 4 heteroatoms. The van der Waals surface area contributed by atoms with Gasteiger partial charge in [-0.05, 0) is 32.4 Å². The molecule has 0 aromatic heterocycles. The molecule has 19 heavy (non-hydrogen) atoms. The lowest BCUT2D eigenvalue weighted by molar-refractivity contribution is -0.115. The first-order valence-electron chi connectivity index (χ1n) is 6.75. The van der Waals surface area contributed by atoms with E-state index in [1.165, 1.54) is 5.57 Å². The molecule has 0 aliphatic heterocycles. The highest BCUT2D eigenvalue weighted by molar-refractivity contribution is 6.29. The molecule has 108 valence electrons. The van der Waals surface area contributed by atoms with Gasteiger partial charge in [0.05, 0.1) is 0 Å². The smallest absolute Gasteiger partial charge is 0.123 e. The van der Waals surface area contributed by atoms with Crippen molar-refractivity contribution in [3.63, 3.8) is 0 Å². The van der Waals surface area contributed by atoms with E-state index in [2.05, 4.69) is 11.4 Å². The van der Waals surface area contributed by atoms with Gasteiger partial charge in [-0.3, -0.25) is 0 Å². The van der Waals surface area contributed by atoms with Gasteiger partial charge in [0.25, 0.3) is 0 Å². The van der Waals surface area contributed by atoms with Crippen molar-refractivity contribution in [2.75, 3.05) is 13.6 Å². The third-order valence-electron chi connectivity index (χ3n) is 2.84. The molecule has 1 aliphatic carbocycles. The van der Waals surface area contributed by atoms with Crippen LogP contribution in [0.5, 0.6) is 0 Å². The molecular formula is C15H24ClNO2. The Bertz CT molecular complexity index is 320. The van der Waals surface area contributed by atoms with Crippen molar-refractivity contribution in [2.24, 2.45) is 5.92 Å². The molecule has 0 saturated heterocycles. The SMILES string of the molecule is CCCC(C=O)CC=O.CNCC1=CC=C(Cl)CC1. The van der Waals surface area contributed by atoms with Crippen LogP contribution >= 0.6 is 11.6 Å². The first kappa shape index (κ1) is 18.1. The first-order chi connectivity index (χ1) is 9.17. The third kappa shape index (κ3) is 9.62. The second-order valence-corrected chi connectivity index (χ2v) is 5.04. The highest BCUT2D eigenvalue weighted by Crippen LogP contribution is 2.19. The van der Waals surface area contributed by atoms with Crippen LogP contribution in [0, 0.1) is 5.92 Å². The maximum absolute atomic E-state index is 10.1. The molecule has 3 nitrogen and oxygen atoms in total. The average molecular weight is 286 g/mol. The van der Waals surface area contributed by atoms with Gasteiger partial charge in [-0.15, -0.1) is 0 Å². The van der Waals surface area contributed by atoms with Crippen LogP contribution in [-0.4, -0.2) is 26.2 Å². The topological polar surface area (TPSA) is 46.2 Å². The predicted octanol–water partition coefficient (Wildman–Crippen LogP) is 3.24. The van der Waals surface area contributed by atoms with Crippen molar-refractivity contribution >= 4 is 24.2 Å². The zero-order valence-corrected chi connectivity index (χ0v) is 12.6. The number of aldehydes is 2. The maximum Gasteiger partial charge on any atom is 0.123 e. The average Bonchev–Trinajstić information content (AvgIpc) is 2.42. The van der Waals surface area contributed by atoms with Gasteiger partial charge in [-0.1, -0.05) is 36.6 Å². The van der Waals surface area contributed by atoms with Gasteiger partial charge in [0.2, 0.25) is 0 Å². The standard InChI is InChI=1S/C8H12ClN.C7H12O2/c1-10-6-7-2-4-8(9)5-3-7;1-2-3-7(6-9)4-5-8/h2,4,10H,3,5-6H2,1H3;5-7H,2-4H2,1H3. The van der Waals surface area contributed by atoms with Crippen LogP contribution < -0.4 is 5.32 Å². The van der Waals surface area contributed by atoms with E-state index in [0.29, 0.717) is 6.42 Å². The van der Waals surface area contributed by atoms with Crippen LogP contribution in [-0.2, 0) is 9.59 Å². The minimum Gasteiger partial charge on any atom is -0.316 e. The molecule has 0 aromatic rings. The number of hydrogen-bond acceptors (Lipinski definition) is 3. The second-order valence-electron chi connectivity index (χ2n) is 4.56. The Morgan fingerprint density at radius 3 is 2.53 bits per heavy atom. The molecule has 0 heterocycles. The molecule has 0 fully saturated rings. The number of halogens is 1. The lowest BCUT2D eigenvalue weighted by Crippen LogP contribution is -2.11. The summed E-state index contributed by atoms with van der Waals surface area (Å²) >= 11 is 5.78. The summed E-state index contributed by atoms with van der Waals surface area (Å²) in [5.41, 5.74) is 1.44. The number of carbonyl (C=O) groups is 2. The van der Waals surface area contributed by atoms with Gasteiger partial charge in [0.15, 0.2) is 0 Å². The molecule has 0 spiro atoms. The van der Waals surface area contributed by atoms with E-state index in [-0.39, 0.29) is 5.92 Å². The van der Waals surface area contributed by atoms with Crippen molar-refractivity contribution in [3.05, 3.63) is 22.8 Å². The molecule has 0 saturated carbocycles. The molecule has 1 aliphatic rings. The number of carbonyl (C=O) groups excluding carboxylic acids is 2. The Morgan fingerprint density at radius 2 is 2.11 bits per heavy atom. The number of rotatable bonds is 7. The van der Waals surface area contributed by atoms with E-state index >= 15 is 0 Å². The second kappa shape index (κ2) is 12.1. The molecule has 0 bridgehead atoms. The highest BCUT2D eigenvalue weighted by atomic mass is 35.5. The van der Waals surface area contributed by atoms with Crippen LogP contribution in [0.15, 0.2) is 22.8 Å². The fourth-order valence-corrected chi connectivity index (χ4v) is 1.92. The summed E-state index contributed by atoms with van der Waals surface area (Å²) in [5.74, 6) is -0.0347. The van der Waals surface area contributed by atoms with Gasteiger partial charge in [-0.2, -0.15) is 0 Å². The molecule has 1 unspecified atom stereocenters. The number of likely N-dealkylation sites (N-methyl/N-ethyl adjacent to an activating group) is 1. The Kier molecular flexibility index (Phi) is 11.5. The predicted molar refractivity (Wildman–Crippen MR) is 80.3 cm³/mol. The fourth-order valence-electron chi connectivity index (χ4n) is 1.77. The molecular weight excluding hydrogens is 262 g/mol. The van der Waals surface area contributed by atoms with E-state index in [1.54, 1.807) is 0 Å². The van der Waals surface area contributed by atoms with Crippen molar-refractivity contribution in [3.8, 4) is 0 Å². The normalized spacial score (nSPS) is 15.5. The molecule has 0 aromatic carbocycles. The van der Waals surface area contributed by atoms with Crippen LogP contribution in [0.2, 0.25) is 0 Å². The fraction of sp³-hybridized carbons (Fsp3) is 0.600. The van der Waals surface area contributed by atoms with Crippen LogP contribution in [0.1, 0.15) is 39.0 Å². The summed E-state index contributed by atoms with van der Waals surface area (Å²) in [7, 11) is 1.96. The number of hydrogen-bond donors (Lipinski definition) is 1. The van der Waals surface area contributed by atoms with E-state index in [9.17, 15) is 9.59 Å². The Hall–Kier alpha value is -0.930. The van der Waals surface area contributed by atoms with Gasteiger partial charge >= 0.3 is 0 Å². The third-order valence-corrected chi connectivity index (χ3v) is 3.15. The Labute approximate surface area is 121 Å². The largest absolute Gasteiger partial charge is 0.316 e. The van der Waals surface area contributed by atoms with Crippen LogP contribution in [0.3, 0.4) is 0 Å². The van der Waals surface area contributed by atoms with Crippen molar-refractivity contribution in [1.82, 2.24) is 5.32 Å². The number of allylic oxidation sites excluding steroid dienone is 3. The molecule has 1 atom stereocenters. The van der Waals surface area contributed by atoms with Crippen molar-refractivity contribution in [2.45, 2.75) is 39.0 Å². The maximum atomic E-state index is 10.1. The van der Waals surface area contributed by atoms with Gasteiger partial charge in [-0.25, -0.2) is 0 Å². The number of nitrogens with one attached hydrogen (secondary N) is 1. The summed E-state index contributed by atoms with van der Waals surface area (Å²) in [5, 5.41) is 4.08. The summed E-state index contributed by atoms with van der Waals surface area (Å²) in [4.78, 5) is 20.0. The molecule has 0 radical (unpaired) electrons. The summed E-state index contributed by atoms with van der Waals surface area (Å²) in [6, 6.07) is 0. The molecule has 1 rings (SSSR count). The minimum atomic E-state index is -0.0347. The Morgan fingerprint density at radius 1 is 1.37 bits per heavy atom. The van der Waals surface area contributed by atoms with E-state index < -0.39 is 0 Å². The van der Waals surface area contributed by atoms with E-state index in [1.807, 2.05) is 20.0 Å². The van der Waals surface area contributed by atoms with Crippen LogP contribution in [0.4, 0.5) is 0 Å². The lowest BCUT2D eigenvalue weighted by atomic mass is 10.0. The monoisotopic (exact) mass is 285 g/mol. The summed E-state index contributed by atoms with van der Waals surface area (Å²) in [6.45, 7) is 2.99. The quantitative estimate of drug-likeness (QED) is 0.731. The van der Waals surface area contributed by atoms with Crippen molar-refractivity contribution < 1.29 is 9.59 Å². The Balaban J connectivity index is 0.000000344. The van der Waals surface area contributed by atoms with Gasteiger partial charge in [0.1, 0.15) is 12.6 Å². The van der Waals surface area contributed by atoms with Gasteiger partial charge < -0.3 is 14.9 Å². The van der Waals surface area contributed by atoms with Crippen molar-refractivity contribution in [1.29, 1.82) is 0 Å². The van der Waals surface area contributed by atoms with E-state index in [4.69, 9.17) is 11.6 Å². The lowest BCUT2D eigenvalue weighted by Gasteiger charge is -2.09. The van der Waals surface area contributed by atoms with Gasteiger partial charge in [0, 0.05) is 23.9 Å². The highest BCUT2D eigenvalue weighted by Gasteiger charge is 2.03. The summed E-state index contributed by atoms with van der Waals surface area (Å²) < 4.78 is 0. The zero-order valence-electron chi connectivity index (χ0n) is 11.8. The first-order valence-corrected chi connectivity index (χ1v) is 7.13. The molecule has 0 amide bonds.